The normalized spacial score (nSPS) is 24.6. The molecule has 4 nitrogen and oxygen atoms in total. The number of ether oxygens (including phenoxy) is 1. The zero-order chi connectivity index (χ0) is 14.6. The first-order chi connectivity index (χ1) is 9.49. The van der Waals surface area contributed by atoms with Gasteiger partial charge in [0.05, 0.1) is 11.9 Å². The van der Waals surface area contributed by atoms with Gasteiger partial charge in [-0.25, -0.2) is 4.39 Å². The standard InChI is InChI=1S/C14H19FN2O2S/c15-14(13(16)20)6-7-17(10-14)8-12(18)19-9-11-4-2-1-3-5-11/h1-5,13,20H,6-10,16H2. The van der Waals surface area contributed by atoms with E-state index in [2.05, 4.69) is 12.6 Å². The lowest BCUT2D eigenvalue weighted by Crippen LogP contribution is -2.43. The topological polar surface area (TPSA) is 55.6 Å². The number of alkyl halides is 1. The summed E-state index contributed by atoms with van der Waals surface area (Å²) < 4.78 is 19.4. The number of hydrogen-bond acceptors (Lipinski definition) is 5. The third-order valence-corrected chi connectivity index (χ3v) is 3.92. The van der Waals surface area contributed by atoms with Crippen LogP contribution in [-0.4, -0.2) is 41.5 Å². The highest BCUT2D eigenvalue weighted by molar-refractivity contribution is 7.81. The molecular weight excluding hydrogens is 279 g/mol. The maximum absolute atomic E-state index is 14.2. The van der Waals surface area contributed by atoms with Crippen molar-refractivity contribution in [3.05, 3.63) is 35.9 Å². The number of hydrogen-bond donors (Lipinski definition) is 2. The minimum Gasteiger partial charge on any atom is -0.460 e. The van der Waals surface area contributed by atoms with E-state index in [4.69, 9.17) is 10.5 Å². The molecular formula is C14H19FN2O2S. The van der Waals surface area contributed by atoms with Crippen LogP contribution >= 0.6 is 12.6 Å². The molecule has 0 amide bonds. The lowest BCUT2D eigenvalue weighted by Gasteiger charge is -2.23. The molecule has 1 heterocycles. The Balaban J connectivity index is 1.76. The van der Waals surface area contributed by atoms with Crippen LogP contribution in [0.1, 0.15) is 12.0 Å². The van der Waals surface area contributed by atoms with Crippen molar-refractivity contribution < 1.29 is 13.9 Å². The van der Waals surface area contributed by atoms with Crippen LogP contribution in [0.15, 0.2) is 30.3 Å². The Morgan fingerprint density at radius 3 is 2.80 bits per heavy atom. The number of esters is 1. The number of halogens is 1. The van der Waals surface area contributed by atoms with Crippen LogP contribution in [0.5, 0.6) is 0 Å². The van der Waals surface area contributed by atoms with Crippen molar-refractivity contribution >= 4 is 18.6 Å². The van der Waals surface area contributed by atoms with Gasteiger partial charge in [0, 0.05) is 13.1 Å². The molecule has 2 N–H and O–H groups in total. The number of rotatable bonds is 5. The highest BCUT2D eigenvalue weighted by atomic mass is 32.1. The first-order valence-electron chi connectivity index (χ1n) is 6.54. The molecule has 2 unspecified atom stereocenters. The van der Waals surface area contributed by atoms with Crippen LogP contribution in [0.25, 0.3) is 0 Å². The average Bonchev–Trinajstić information content (AvgIpc) is 2.80. The Kier molecular flexibility index (Phi) is 5.01. The molecule has 0 bridgehead atoms. The lowest BCUT2D eigenvalue weighted by atomic mass is 10.1. The van der Waals surface area contributed by atoms with Crippen LogP contribution in [0.2, 0.25) is 0 Å². The van der Waals surface area contributed by atoms with Crippen LogP contribution in [0.3, 0.4) is 0 Å². The second-order valence-corrected chi connectivity index (χ2v) is 5.64. The van der Waals surface area contributed by atoms with Crippen molar-refractivity contribution in [1.29, 1.82) is 0 Å². The van der Waals surface area contributed by atoms with Gasteiger partial charge in [0.25, 0.3) is 0 Å². The molecule has 1 aromatic rings. The molecule has 0 aliphatic carbocycles. The van der Waals surface area contributed by atoms with Gasteiger partial charge in [-0.05, 0) is 12.0 Å². The number of carbonyl (C=O) groups excluding carboxylic acids is 1. The van der Waals surface area contributed by atoms with E-state index >= 15 is 0 Å². The van der Waals surface area contributed by atoms with Crippen LogP contribution < -0.4 is 5.73 Å². The van der Waals surface area contributed by atoms with E-state index in [1.54, 1.807) is 4.90 Å². The SMILES string of the molecule is NC(S)C1(F)CCN(CC(=O)OCc2ccccc2)C1. The molecule has 0 aromatic heterocycles. The largest absolute Gasteiger partial charge is 0.460 e. The number of benzene rings is 1. The van der Waals surface area contributed by atoms with Crippen LogP contribution in [0.4, 0.5) is 4.39 Å². The number of carbonyl (C=O) groups is 1. The Labute approximate surface area is 123 Å². The van der Waals surface area contributed by atoms with Gasteiger partial charge >= 0.3 is 5.97 Å². The third kappa shape index (κ3) is 3.94. The number of nitrogens with two attached hydrogens (primary N) is 1. The van der Waals surface area contributed by atoms with Crippen molar-refractivity contribution in [3.63, 3.8) is 0 Å². The summed E-state index contributed by atoms with van der Waals surface area (Å²) in [6.45, 7) is 0.933. The zero-order valence-electron chi connectivity index (χ0n) is 11.2. The van der Waals surface area contributed by atoms with Gasteiger partial charge < -0.3 is 10.5 Å². The maximum atomic E-state index is 14.2. The highest BCUT2D eigenvalue weighted by Gasteiger charge is 2.42. The van der Waals surface area contributed by atoms with Gasteiger partial charge in [0.1, 0.15) is 12.3 Å². The maximum Gasteiger partial charge on any atom is 0.320 e. The van der Waals surface area contributed by atoms with Gasteiger partial charge in [-0.1, -0.05) is 30.3 Å². The van der Waals surface area contributed by atoms with Crippen molar-refractivity contribution in [2.75, 3.05) is 19.6 Å². The summed E-state index contributed by atoms with van der Waals surface area (Å²) in [5, 5.41) is -0.826. The second kappa shape index (κ2) is 6.56. The van der Waals surface area contributed by atoms with E-state index in [0.717, 1.165) is 5.56 Å². The molecule has 6 heteroatoms. The summed E-state index contributed by atoms with van der Waals surface area (Å²) in [4.78, 5) is 13.4. The summed E-state index contributed by atoms with van der Waals surface area (Å²) in [5.41, 5.74) is 4.91. The first kappa shape index (κ1) is 15.3. The Bertz CT molecular complexity index is 458. The molecule has 0 radical (unpaired) electrons. The van der Waals surface area contributed by atoms with E-state index < -0.39 is 11.0 Å². The summed E-state index contributed by atoms with van der Waals surface area (Å²) >= 11 is 3.96. The predicted molar refractivity (Wildman–Crippen MR) is 78.1 cm³/mol. The summed E-state index contributed by atoms with van der Waals surface area (Å²) in [6.07, 6.45) is 0.295. The van der Waals surface area contributed by atoms with Gasteiger partial charge in [0.2, 0.25) is 0 Å². The minimum absolute atomic E-state index is 0.0823. The lowest BCUT2D eigenvalue weighted by molar-refractivity contribution is -0.146. The average molecular weight is 298 g/mol. The third-order valence-electron chi connectivity index (χ3n) is 3.46. The van der Waals surface area contributed by atoms with E-state index in [-0.39, 0.29) is 25.7 Å². The Hall–Kier alpha value is -1.11. The van der Waals surface area contributed by atoms with Crippen molar-refractivity contribution in [3.8, 4) is 0 Å². The fourth-order valence-electron chi connectivity index (χ4n) is 2.22. The highest BCUT2D eigenvalue weighted by Crippen LogP contribution is 2.29. The van der Waals surface area contributed by atoms with Crippen molar-refractivity contribution in [2.45, 2.75) is 24.1 Å². The Morgan fingerprint density at radius 1 is 1.50 bits per heavy atom. The number of nitrogens with zero attached hydrogens (tertiary/aromatic N) is 1. The minimum atomic E-state index is -1.52. The number of likely N-dealkylation sites (tertiary alicyclic amines) is 1. The van der Waals surface area contributed by atoms with Gasteiger partial charge in [0.15, 0.2) is 0 Å². The molecule has 1 fully saturated rings. The quantitative estimate of drug-likeness (QED) is 0.489. The molecule has 1 aromatic carbocycles. The molecule has 20 heavy (non-hydrogen) atoms. The summed E-state index contributed by atoms with van der Waals surface area (Å²) in [5.74, 6) is -0.356. The molecule has 0 saturated carbocycles. The van der Waals surface area contributed by atoms with E-state index in [9.17, 15) is 9.18 Å². The zero-order valence-corrected chi connectivity index (χ0v) is 12.1. The van der Waals surface area contributed by atoms with Crippen molar-refractivity contribution in [1.82, 2.24) is 4.90 Å². The fraction of sp³-hybridized carbons (Fsp3) is 0.500. The second-order valence-electron chi connectivity index (χ2n) is 5.09. The monoisotopic (exact) mass is 298 g/mol. The van der Waals surface area contributed by atoms with Crippen LogP contribution in [0, 0.1) is 0 Å². The molecule has 1 saturated heterocycles. The van der Waals surface area contributed by atoms with Crippen molar-refractivity contribution in [2.24, 2.45) is 5.73 Å². The number of thiol groups is 1. The molecule has 1 aliphatic rings. The van der Waals surface area contributed by atoms with Crippen LogP contribution in [-0.2, 0) is 16.1 Å². The van der Waals surface area contributed by atoms with Gasteiger partial charge in [-0.3, -0.25) is 9.69 Å². The van der Waals surface area contributed by atoms with Gasteiger partial charge in [-0.15, -0.1) is 0 Å². The first-order valence-corrected chi connectivity index (χ1v) is 7.06. The van der Waals surface area contributed by atoms with E-state index in [0.29, 0.717) is 13.0 Å². The Morgan fingerprint density at radius 2 is 2.20 bits per heavy atom. The fourth-order valence-corrected chi connectivity index (χ4v) is 2.43. The molecule has 110 valence electrons. The summed E-state index contributed by atoms with van der Waals surface area (Å²) in [7, 11) is 0. The smallest absolute Gasteiger partial charge is 0.320 e. The molecule has 2 atom stereocenters. The molecule has 0 spiro atoms. The summed E-state index contributed by atoms with van der Waals surface area (Å²) in [6, 6.07) is 9.44. The van der Waals surface area contributed by atoms with Gasteiger partial charge in [-0.2, -0.15) is 12.6 Å². The van der Waals surface area contributed by atoms with E-state index in [1.165, 1.54) is 0 Å². The molecule has 1 aliphatic heterocycles. The van der Waals surface area contributed by atoms with E-state index in [1.807, 2.05) is 30.3 Å². The predicted octanol–water partition coefficient (Wildman–Crippen LogP) is 1.36. The molecule has 2 rings (SSSR count).